The van der Waals surface area contributed by atoms with E-state index in [0.29, 0.717) is 5.22 Å². The fourth-order valence-electron chi connectivity index (χ4n) is 1.85. The molecule has 2 nitrogen and oxygen atoms in total. The summed E-state index contributed by atoms with van der Waals surface area (Å²) in [5.74, 6) is 0.822. The van der Waals surface area contributed by atoms with Gasteiger partial charge in [-0.3, -0.25) is 0 Å². The number of rotatable bonds is 3. The maximum Gasteiger partial charge on any atom is 0.257 e. The summed E-state index contributed by atoms with van der Waals surface area (Å²) in [6.07, 6.45) is 0. The Hall–Kier alpha value is -1.45. The number of aromatic nitrogens is 1. The maximum absolute atomic E-state index is 5.86. The first-order valence-electron chi connectivity index (χ1n) is 5.96. The number of para-hydroxylation sites is 1. The summed E-state index contributed by atoms with van der Waals surface area (Å²) in [6, 6.07) is 13.8. The SMILES string of the molecule is Cc1cccc2nc(SCc3ccc(Cl)cc3)oc12. The van der Waals surface area contributed by atoms with Crippen LogP contribution in [0.1, 0.15) is 11.1 Å². The van der Waals surface area contributed by atoms with Crippen LogP contribution in [-0.2, 0) is 5.75 Å². The van der Waals surface area contributed by atoms with E-state index in [1.165, 1.54) is 5.56 Å². The lowest BCUT2D eigenvalue weighted by molar-refractivity contribution is 0.488. The summed E-state index contributed by atoms with van der Waals surface area (Å²) in [5.41, 5.74) is 4.11. The van der Waals surface area contributed by atoms with Gasteiger partial charge in [0.2, 0.25) is 0 Å². The van der Waals surface area contributed by atoms with Crippen LogP contribution in [0.5, 0.6) is 0 Å². The summed E-state index contributed by atoms with van der Waals surface area (Å²) >= 11 is 7.45. The van der Waals surface area contributed by atoms with E-state index in [1.54, 1.807) is 11.8 Å². The van der Waals surface area contributed by atoms with Crippen molar-refractivity contribution in [1.82, 2.24) is 4.98 Å². The molecule has 1 heterocycles. The maximum atomic E-state index is 5.86. The van der Waals surface area contributed by atoms with Gasteiger partial charge in [-0.25, -0.2) is 4.98 Å². The number of halogens is 1. The van der Waals surface area contributed by atoms with Gasteiger partial charge in [0.15, 0.2) is 5.58 Å². The highest BCUT2D eigenvalue weighted by atomic mass is 35.5. The molecule has 0 saturated carbocycles. The van der Waals surface area contributed by atoms with Gasteiger partial charge in [0.05, 0.1) is 0 Å². The van der Waals surface area contributed by atoms with E-state index in [-0.39, 0.29) is 0 Å². The molecular weight excluding hydrogens is 278 g/mol. The zero-order chi connectivity index (χ0) is 13.2. The minimum absolute atomic E-state index is 0.708. The number of oxazole rings is 1. The molecular formula is C15H12ClNOS. The third kappa shape index (κ3) is 2.77. The van der Waals surface area contributed by atoms with Crippen molar-refractivity contribution in [3.8, 4) is 0 Å². The lowest BCUT2D eigenvalue weighted by atomic mass is 10.2. The highest BCUT2D eigenvalue weighted by Crippen LogP contribution is 2.28. The molecule has 3 rings (SSSR count). The van der Waals surface area contributed by atoms with E-state index in [4.69, 9.17) is 16.0 Å². The number of benzene rings is 2. The Kier molecular flexibility index (Phi) is 3.49. The molecule has 96 valence electrons. The summed E-state index contributed by atoms with van der Waals surface area (Å²) in [4.78, 5) is 4.48. The number of aryl methyl sites for hydroxylation is 1. The van der Waals surface area contributed by atoms with Crippen molar-refractivity contribution in [2.75, 3.05) is 0 Å². The van der Waals surface area contributed by atoms with Crippen molar-refractivity contribution < 1.29 is 4.42 Å². The minimum atomic E-state index is 0.708. The molecule has 0 saturated heterocycles. The quantitative estimate of drug-likeness (QED) is 0.629. The summed E-state index contributed by atoms with van der Waals surface area (Å²) in [5, 5.41) is 1.46. The van der Waals surface area contributed by atoms with Gasteiger partial charge >= 0.3 is 0 Å². The standard InChI is InChI=1S/C15H12ClNOS/c1-10-3-2-4-13-14(10)18-15(17-13)19-9-11-5-7-12(16)8-6-11/h2-8H,9H2,1H3. The summed E-state index contributed by atoms with van der Waals surface area (Å²) < 4.78 is 5.77. The molecule has 4 heteroatoms. The fraction of sp³-hybridized carbons (Fsp3) is 0.133. The van der Waals surface area contributed by atoms with E-state index in [9.17, 15) is 0 Å². The van der Waals surface area contributed by atoms with Crippen LogP contribution in [0.4, 0.5) is 0 Å². The molecule has 2 aromatic carbocycles. The minimum Gasteiger partial charge on any atom is -0.431 e. The molecule has 0 bridgehead atoms. The van der Waals surface area contributed by atoms with Gasteiger partial charge in [-0.15, -0.1) is 0 Å². The zero-order valence-corrected chi connectivity index (χ0v) is 12.0. The molecule has 0 unspecified atom stereocenters. The molecule has 0 N–H and O–H groups in total. The van der Waals surface area contributed by atoms with Gasteiger partial charge in [-0.1, -0.05) is 47.6 Å². The van der Waals surface area contributed by atoms with Crippen LogP contribution < -0.4 is 0 Å². The number of fused-ring (bicyclic) bond motifs is 1. The Morgan fingerprint density at radius 3 is 2.68 bits per heavy atom. The van der Waals surface area contributed by atoms with Gasteiger partial charge < -0.3 is 4.42 Å². The molecule has 0 spiro atoms. The van der Waals surface area contributed by atoms with Crippen LogP contribution in [-0.4, -0.2) is 4.98 Å². The van der Waals surface area contributed by atoms with Gasteiger partial charge in [0.25, 0.3) is 5.22 Å². The third-order valence-electron chi connectivity index (χ3n) is 2.87. The predicted molar refractivity (Wildman–Crippen MR) is 79.8 cm³/mol. The Labute approximate surface area is 120 Å². The average molecular weight is 290 g/mol. The molecule has 19 heavy (non-hydrogen) atoms. The number of hydrogen-bond donors (Lipinski definition) is 0. The smallest absolute Gasteiger partial charge is 0.257 e. The van der Waals surface area contributed by atoms with Gasteiger partial charge in [-0.2, -0.15) is 0 Å². The lowest BCUT2D eigenvalue weighted by Crippen LogP contribution is -1.79. The second-order valence-corrected chi connectivity index (χ2v) is 5.68. The molecule has 1 aromatic heterocycles. The number of thioether (sulfide) groups is 1. The molecule has 0 atom stereocenters. The largest absolute Gasteiger partial charge is 0.431 e. The summed E-state index contributed by atoms with van der Waals surface area (Å²) in [7, 11) is 0. The second-order valence-electron chi connectivity index (χ2n) is 4.32. The van der Waals surface area contributed by atoms with E-state index >= 15 is 0 Å². The average Bonchev–Trinajstić information content (AvgIpc) is 2.83. The normalized spacial score (nSPS) is 11.1. The van der Waals surface area contributed by atoms with Crippen LogP contribution in [0.2, 0.25) is 5.02 Å². The van der Waals surface area contributed by atoms with Crippen molar-refractivity contribution in [2.45, 2.75) is 17.9 Å². The second kappa shape index (κ2) is 5.27. The monoisotopic (exact) mass is 289 g/mol. The third-order valence-corrected chi connectivity index (χ3v) is 4.02. The van der Waals surface area contributed by atoms with Crippen molar-refractivity contribution in [3.05, 3.63) is 58.6 Å². The first-order valence-corrected chi connectivity index (χ1v) is 7.32. The Morgan fingerprint density at radius 2 is 1.95 bits per heavy atom. The molecule has 0 aliphatic heterocycles. The highest BCUT2D eigenvalue weighted by molar-refractivity contribution is 7.98. The topological polar surface area (TPSA) is 26.0 Å². The lowest BCUT2D eigenvalue weighted by Gasteiger charge is -1.98. The van der Waals surface area contributed by atoms with E-state index in [0.717, 1.165) is 27.4 Å². The molecule has 3 aromatic rings. The Balaban J connectivity index is 1.78. The molecule has 0 aliphatic rings. The van der Waals surface area contributed by atoms with Crippen LogP contribution in [0.15, 0.2) is 52.1 Å². The van der Waals surface area contributed by atoms with Gasteiger partial charge in [0, 0.05) is 10.8 Å². The molecule has 0 aliphatic carbocycles. The van der Waals surface area contributed by atoms with E-state index in [2.05, 4.69) is 4.98 Å². The van der Waals surface area contributed by atoms with Crippen LogP contribution in [0.3, 0.4) is 0 Å². The number of nitrogens with zero attached hydrogens (tertiary/aromatic N) is 1. The van der Waals surface area contributed by atoms with Crippen molar-refractivity contribution in [1.29, 1.82) is 0 Å². The number of hydrogen-bond acceptors (Lipinski definition) is 3. The van der Waals surface area contributed by atoms with Gasteiger partial charge in [-0.05, 0) is 36.2 Å². The Morgan fingerprint density at radius 1 is 1.16 bits per heavy atom. The summed E-state index contributed by atoms with van der Waals surface area (Å²) in [6.45, 7) is 2.03. The van der Waals surface area contributed by atoms with Crippen molar-refractivity contribution in [2.24, 2.45) is 0 Å². The van der Waals surface area contributed by atoms with Crippen molar-refractivity contribution in [3.63, 3.8) is 0 Å². The Bertz CT molecular complexity index is 706. The van der Waals surface area contributed by atoms with E-state index in [1.807, 2.05) is 49.4 Å². The molecule has 0 amide bonds. The predicted octanol–water partition coefficient (Wildman–Crippen LogP) is 5.08. The van der Waals surface area contributed by atoms with Crippen LogP contribution >= 0.6 is 23.4 Å². The first kappa shape index (κ1) is 12.6. The fourth-order valence-corrected chi connectivity index (χ4v) is 2.77. The van der Waals surface area contributed by atoms with Crippen LogP contribution in [0.25, 0.3) is 11.1 Å². The van der Waals surface area contributed by atoms with Crippen LogP contribution in [0, 0.1) is 6.92 Å². The molecule has 0 fully saturated rings. The van der Waals surface area contributed by atoms with Gasteiger partial charge in [0.1, 0.15) is 5.52 Å². The van der Waals surface area contributed by atoms with Crippen molar-refractivity contribution >= 4 is 34.5 Å². The zero-order valence-electron chi connectivity index (χ0n) is 10.4. The highest BCUT2D eigenvalue weighted by Gasteiger charge is 2.08. The first-order chi connectivity index (χ1) is 9.22. The molecule has 0 radical (unpaired) electrons. The van der Waals surface area contributed by atoms with E-state index < -0.39 is 0 Å².